The number of hydrogen-bond acceptors (Lipinski definition) is 9. The van der Waals surface area contributed by atoms with Gasteiger partial charge in [-0.15, -0.1) is 0 Å². The Morgan fingerprint density at radius 1 is 1.08 bits per heavy atom. The first-order valence-electron chi connectivity index (χ1n) is 17.4. The van der Waals surface area contributed by atoms with Gasteiger partial charge in [0.25, 0.3) is 5.91 Å². The predicted molar refractivity (Wildman–Crippen MR) is 193 cm³/mol. The number of carbonyl (C=O) groups is 3. The molecule has 0 saturated carbocycles. The summed E-state index contributed by atoms with van der Waals surface area (Å²) < 4.78 is 7.53. The molecule has 50 heavy (non-hydrogen) atoms. The van der Waals surface area contributed by atoms with Crippen LogP contribution >= 0.6 is 0 Å². The van der Waals surface area contributed by atoms with Crippen molar-refractivity contribution in [2.24, 2.45) is 5.41 Å². The smallest absolute Gasteiger partial charge is 0.276 e. The van der Waals surface area contributed by atoms with Gasteiger partial charge < -0.3 is 24.4 Å². The molecule has 1 N–H and O–H groups in total. The largest absolute Gasteiger partial charge is 0.378 e. The average molecular weight is 679 g/mol. The number of hydrogen-bond donors (Lipinski definition) is 1. The van der Waals surface area contributed by atoms with Gasteiger partial charge in [0.05, 0.1) is 36.7 Å². The highest BCUT2D eigenvalue weighted by Crippen LogP contribution is 2.40. The van der Waals surface area contributed by atoms with Crippen molar-refractivity contribution in [2.75, 3.05) is 61.6 Å². The highest BCUT2D eigenvalue weighted by Gasteiger charge is 2.38. The molecule has 7 rings (SSSR count). The third-order valence-electron chi connectivity index (χ3n) is 10.4. The fourth-order valence-electron chi connectivity index (χ4n) is 7.83. The van der Waals surface area contributed by atoms with Crippen molar-refractivity contribution in [3.63, 3.8) is 0 Å². The standard InChI is InChI=1S/C38H46N8O4/c1-25(41-35-7-6-29(18-40-35)44-11-10-43(19-26(44)2)30-22-50-23-30)14-28(20-42(5)24-48)31-8-9-39-36(32(31)21-47)46-13-12-45-33(37(46)49)15-27-16-38(3,4)17-34(27)45/h6-9,14-15,18,20-21,24,26,30H,10-13,16-17,19,22-23H2,1-5H3,(H,40,41)/b25-14+,28-20+/t26-/m0/s1. The van der Waals surface area contributed by atoms with E-state index < -0.39 is 0 Å². The summed E-state index contributed by atoms with van der Waals surface area (Å²) >= 11 is 0. The van der Waals surface area contributed by atoms with Crippen LogP contribution in [-0.4, -0.2) is 101 Å². The summed E-state index contributed by atoms with van der Waals surface area (Å²) in [6, 6.07) is 8.70. The molecule has 3 aromatic rings. The van der Waals surface area contributed by atoms with E-state index in [1.54, 1.807) is 30.4 Å². The van der Waals surface area contributed by atoms with E-state index in [0.717, 1.165) is 63.4 Å². The van der Waals surface area contributed by atoms with E-state index in [2.05, 4.69) is 51.5 Å². The first-order valence-corrected chi connectivity index (χ1v) is 17.4. The topological polar surface area (TPSA) is 116 Å². The normalized spacial score (nSPS) is 21.1. The number of amides is 2. The zero-order valence-corrected chi connectivity index (χ0v) is 29.6. The second-order valence-electron chi connectivity index (χ2n) is 14.8. The number of ether oxygens (including phenoxy) is 1. The number of nitrogens with one attached hydrogen (secondary N) is 1. The van der Waals surface area contributed by atoms with Gasteiger partial charge in [-0.1, -0.05) is 13.8 Å². The predicted octanol–water partition coefficient (Wildman–Crippen LogP) is 4.23. The zero-order valence-electron chi connectivity index (χ0n) is 29.6. The number of anilines is 3. The Balaban J connectivity index is 1.11. The third kappa shape index (κ3) is 6.45. The SMILES string of the molecule is C/C(=C\C(=C/N(C)C=O)c1ccnc(N2CCn3c(cc4c3CC(C)(C)C4)C2=O)c1C=O)Nc1ccc(N2CCN(C3COC3)C[C@@H]2C)cn1. The summed E-state index contributed by atoms with van der Waals surface area (Å²) in [5.74, 6) is 0.813. The molecule has 12 heteroatoms. The van der Waals surface area contributed by atoms with Crippen LogP contribution in [0.4, 0.5) is 17.3 Å². The van der Waals surface area contributed by atoms with E-state index in [1.165, 1.54) is 16.2 Å². The average Bonchev–Trinajstić information content (AvgIpc) is 3.56. The van der Waals surface area contributed by atoms with Gasteiger partial charge in [0.15, 0.2) is 6.29 Å². The van der Waals surface area contributed by atoms with E-state index in [-0.39, 0.29) is 16.9 Å². The molecule has 2 fully saturated rings. The number of pyridine rings is 2. The van der Waals surface area contributed by atoms with E-state index in [9.17, 15) is 14.4 Å². The Labute approximate surface area is 293 Å². The maximum absolute atomic E-state index is 13.9. The lowest BCUT2D eigenvalue weighted by atomic mass is 9.90. The summed E-state index contributed by atoms with van der Waals surface area (Å²) in [6.45, 7) is 14.3. The van der Waals surface area contributed by atoms with Crippen LogP contribution in [0.5, 0.6) is 0 Å². The van der Waals surface area contributed by atoms with Crippen LogP contribution in [0.3, 0.4) is 0 Å². The summed E-state index contributed by atoms with van der Waals surface area (Å²) in [4.78, 5) is 55.5. The fraction of sp³-hybridized carbons (Fsp3) is 0.447. The lowest BCUT2D eigenvalue weighted by molar-refractivity contribution is -0.114. The van der Waals surface area contributed by atoms with Crippen molar-refractivity contribution in [2.45, 2.75) is 59.2 Å². The number of carbonyl (C=O) groups excluding carboxylic acids is 3. The van der Waals surface area contributed by atoms with E-state index >= 15 is 0 Å². The molecule has 6 heterocycles. The Bertz CT molecular complexity index is 1860. The van der Waals surface area contributed by atoms with Crippen molar-refractivity contribution in [3.05, 3.63) is 82.7 Å². The van der Waals surface area contributed by atoms with Gasteiger partial charge in [-0.3, -0.25) is 24.2 Å². The van der Waals surface area contributed by atoms with Crippen molar-refractivity contribution in [3.8, 4) is 0 Å². The molecular formula is C38H46N8O4. The van der Waals surface area contributed by atoms with Crippen LogP contribution in [0, 0.1) is 5.41 Å². The van der Waals surface area contributed by atoms with E-state index in [1.807, 2.05) is 31.3 Å². The number of aldehydes is 1. The maximum Gasteiger partial charge on any atom is 0.276 e. The Kier molecular flexibility index (Phi) is 9.08. The minimum Gasteiger partial charge on any atom is -0.378 e. The summed E-state index contributed by atoms with van der Waals surface area (Å²) in [7, 11) is 1.64. The van der Waals surface area contributed by atoms with Crippen LogP contribution in [0.1, 0.15) is 65.4 Å². The lowest BCUT2D eigenvalue weighted by Crippen LogP contribution is -2.59. The quantitative estimate of drug-likeness (QED) is 0.249. The first-order chi connectivity index (χ1) is 24.0. The highest BCUT2D eigenvalue weighted by atomic mass is 16.5. The number of rotatable bonds is 10. The zero-order chi connectivity index (χ0) is 35.2. The Morgan fingerprint density at radius 2 is 1.90 bits per heavy atom. The molecule has 0 bridgehead atoms. The van der Waals surface area contributed by atoms with Crippen molar-refractivity contribution in [1.29, 1.82) is 0 Å². The van der Waals surface area contributed by atoms with Crippen LogP contribution in [0.25, 0.3) is 5.57 Å². The van der Waals surface area contributed by atoms with Crippen LogP contribution in [0.15, 0.2) is 54.6 Å². The summed E-state index contributed by atoms with van der Waals surface area (Å²) in [6.07, 6.45) is 10.3. The van der Waals surface area contributed by atoms with Crippen molar-refractivity contribution < 1.29 is 19.1 Å². The molecule has 3 aliphatic heterocycles. The van der Waals surface area contributed by atoms with Crippen LogP contribution in [0.2, 0.25) is 0 Å². The minimum atomic E-state index is -0.168. The molecule has 1 atom stereocenters. The number of nitrogens with zero attached hydrogens (tertiary/aromatic N) is 7. The van der Waals surface area contributed by atoms with Gasteiger partial charge >= 0.3 is 0 Å². The molecule has 262 valence electrons. The first kappa shape index (κ1) is 33.7. The molecule has 12 nitrogen and oxygen atoms in total. The third-order valence-corrected chi connectivity index (χ3v) is 10.4. The molecule has 0 radical (unpaired) electrons. The summed E-state index contributed by atoms with van der Waals surface area (Å²) in [5, 5.41) is 3.36. The van der Waals surface area contributed by atoms with Gasteiger partial charge in [0.1, 0.15) is 17.3 Å². The molecular weight excluding hydrogens is 632 g/mol. The lowest BCUT2D eigenvalue weighted by Gasteiger charge is -2.46. The van der Waals surface area contributed by atoms with E-state index in [4.69, 9.17) is 9.72 Å². The van der Waals surface area contributed by atoms with Gasteiger partial charge in [-0.2, -0.15) is 0 Å². The molecule has 0 unspecified atom stereocenters. The second-order valence-corrected chi connectivity index (χ2v) is 14.8. The van der Waals surface area contributed by atoms with Gasteiger partial charge in [-0.25, -0.2) is 9.97 Å². The van der Waals surface area contributed by atoms with Crippen molar-refractivity contribution >= 4 is 41.5 Å². The van der Waals surface area contributed by atoms with Gasteiger partial charge in [0, 0.05) is 75.2 Å². The molecule has 2 amide bonds. The number of allylic oxidation sites excluding steroid dienone is 3. The highest BCUT2D eigenvalue weighted by molar-refractivity contribution is 6.08. The Hall–Kier alpha value is -4.81. The van der Waals surface area contributed by atoms with Crippen LogP contribution in [-0.2, 0) is 28.9 Å². The summed E-state index contributed by atoms with van der Waals surface area (Å²) in [5.41, 5.74) is 6.56. The van der Waals surface area contributed by atoms with Gasteiger partial charge in [0.2, 0.25) is 6.41 Å². The number of fused-ring (bicyclic) bond motifs is 3. The molecule has 0 aromatic carbocycles. The molecule has 3 aromatic heterocycles. The Morgan fingerprint density at radius 3 is 2.58 bits per heavy atom. The number of aromatic nitrogens is 3. The van der Waals surface area contributed by atoms with E-state index in [0.29, 0.717) is 60.0 Å². The second kappa shape index (κ2) is 13.5. The monoisotopic (exact) mass is 678 g/mol. The molecule has 4 aliphatic rings. The molecule has 1 aliphatic carbocycles. The van der Waals surface area contributed by atoms with Crippen LogP contribution < -0.4 is 15.1 Å². The molecule has 2 saturated heterocycles. The van der Waals surface area contributed by atoms with Gasteiger partial charge in [-0.05, 0) is 73.6 Å². The molecule has 0 spiro atoms. The maximum atomic E-state index is 13.9. The number of piperazine rings is 1. The fourth-order valence-corrected chi connectivity index (χ4v) is 7.83. The minimum absolute atomic E-state index is 0.168. The van der Waals surface area contributed by atoms with Crippen molar-refractivity contribution in [1.82, 2.24) is 24.3 Å².